The first-order valence-corrected chi connectivity index (χ1v) is 8.67. The third-order valence-electron chi connectivity index (χ3n) is 4.24. The molecule has 0 aromatic carbocycles. The Bertz CT molecular complexity index is 872. The minimum absolute atomic E-state index is 0.0193. The highest BCUT2D eigenvalue weighted by molar-refractivity contribution is 5.65. The van der Waals surface area contributed by atoms with E-state index in [1.807, 2.05) is 6.07 Å². The van der Waals surface area contributed by atoms with Gasteiger partial charge in [-0.3, -0.25) is 0 Å². The van der Waals surface area contributed by atoms with Crippen molar-refractivity contribution in [3.8, 4) is 6.07 Å². The maximum atomic E-state index is 13.0. The van der Waals surface area contributed by atoms with Gasteiger partial charge in [-0.2, -0.15) is 23.4 Å². The maximum absolute atomic E-state index is 13.0. The van der Waals surface area contributed by atoms with E-state index in [4.69, 9.17) is 0 Å². The number of hydrogen-bond acceptors (Lipinski definition) is 8. The highest BCUT2D eigenvalue weighted by Gasteiger charge is 2.35. The van der Waals surface area contributed by atoms with Crippen molar-refractivity contribution >= 4 is 23.1 Å². The van der Waals surface area contributed by atoms with E-state index in [-0.39, 0.29) is 23.5 Å². The molecule has 0 saturated carbocycles. The highest BCUT2D eigenvalue weighted by atomic mass is 19.4. The third kappa shape index (κ3) is 4.58. The zero-order valence-electron chi connectivity index (χ0n) is 15.1. The number of pyridine rings is 1. The van der Waals surface area contributed by atoms with E-state index < -0.39 is 11.7 Å². The smallest absolute Gasteiger partial charge is 0.379 e. The number of hydrogen-bond donors (Lipinski definition) is 4. The highest BCUT2D eigenvalue weighted by Crippen LogP contribution is 2.34. The van der Waals surface area contributed by atoms with Gasteiger partial charge >= 0.3 is 6.18 Å². The number of rotatable bonds is 5. The molecule has 3 heterocycles. The Labute approximate surface area is 159 Å². The van der Waals surface area contributed by atoms with Gasteiger partial charge in [-0.15, -0.1) is 0 Å². The molecule has 1 saturated heterocycles. The molecule has 1 atom stereocenters. The number of piperidine rings is 1. The lowest BCUT2D eigenvalue weighted by atomic mass is 10.1. The van der Waals surface area contributed by atoms with Crippen LogP contribution in [0.15, 0.2) is 18.5 Å². The van der Waals surface area contributed by atoms with Crippen molar-refractivity contribution < 1.29 is 13.2 Å². The fraction of sp³-hybridized carbons (Fsp3) is 0.412. The molecule has 0 amide bonds. The van der Waals surface area contributed by atoms with Crippen molar-refractivity contribution in [3.05, 3.63) is 29.7 Å². The first kappa shape index (κ1) is 19.6. The van der Waals surface area contributed by atoms with Gasteiger partial charge in [0.1, 0.15) is 17.5 Å². The number of anilines is 4. The van der Waals surface area contributed by atoms with Crippen molar-refractivity contribution in [2.45, 2.75) is 25.1 Å². The van der Waals surface area contributed by atoms with E-state index in [0.29, 0.717) is 17.6 Å². The van der Waals surface area contributed by atoms with Crippen LogP contribution in [0.5, 0.6) is 0 Å². The molecular weight excluding hydrogens is 373 g/mol. The van der Waals surface area contributed by atoms with Crippen LogP contribution in [0.25, 0.3) is 0 Å². The number of aromatic nitrogens is 3. The molecule has 0 radical (unpaired) electrons. The Hall–Kier alpha value is -3.13. The van der Waals surface area contributed by atoms with E-state index in [1.165, 1.54) is 13.2 Å². The van der Waals surface area contributed by atoms with E-state index >= 15 is 0 Å². The van der Waals surface area contributed by atoms with Crippen molar-refractivity contribution in [3.63, 3.8) is 0 Å². The van der Waals surface area contributed by atoms with Gasteiger partial charge in [0.2, 0.25) is 5.95 Å². The lowest BCUT2D eigenvalue weighted by molar-refractivity contribution is -0.137. The minimum atomic E-state index is -4.56. The van der Waals surface area contributed by atoms with E-state index in [0.717, 1.165) is 25.9 Å². The van der Waals surface area contributed by atoms with Crippen LogP contribution in [0.2, 0.25) is 0 Å². The van der Waals surface area contributed by atoms with Gasteiger partial charge < -0.3 is 21.3 Å². The Balaban J connectivity index is 1.82. The molecule has 148 valence electrons. The summed E-state index contributed by atoms with van der Waals surface area (Å²) < 4.78 is 38.9. The van der Waals surface area contributed by atoms with E-state index in [2.05, 4.69) is 36.2 Å². The Kier molecular flexibility index (Phi) is 5.79. The average Bonchev–Trinajstić information content (AvgIpc) is 2.68. The lowest BCUT2D eigenvalue weighted by Crippen LogP contribution is -2.38. The maximum Gasteiger partial charge on any atom is 0.421 e. The summed E-state index contributed by atoms with van der Waals surface area (Å²) in [5.74, 6) is -0.354. The molecule has 0 bridgehead atoms. The summed E-state index contributed by atoms with van der Waals surface area (Å²) in [5.41, 5.74) is 0.278. The molecule has 2 aromatic heterocycles. The van der Waals surface area contributed by atoms with E-state index in [9.17, 15) is 18.4 Å². The zero-order chi connectivity index (χ0) is 20.1. The number of halogens is 3. The van der Waals surface area contributed by atoms with Crippen LogP contribution in [0, 0.1) is 11.3 Å². The monoisotopic (exact) mass is 392 g/mol. The van der Waals surface area contributed by atoms with Gasteiger partial charge in [-0.1, -0.05) is 0 Å². The molecule has 1 aliphatic heterocycles. The summed E-state index contributed by atoms with van der Waals surface area (Å²) >= 11 is 0. The number of nitrogens with one attached hydrogen (secondary N) is 4. The fourth-order valence-electron chi connectivity index (χ4n) is 2.90. The SMILES string of the molecule is CNc1nc(Nc2cnc(C#N)c(N[C@@H]3CCCNC3)c2)ncc1C(F)(F)F. The molecule has 4 N–H and O–H groups in total. The molecule has 8 nitrogen and oxygen atoms in total. The number of alkyl halides is 3. The first-order chi connectivity index (χ1) is 13.4. The molecule has 3 rings (SSSR count). The normalized spacial score (nSPS) is 16.9. The zero-order valence-corrected chi connectivity index (χ0v) is 15.1. The molecule has 0 unspecified atom stereocenters. The van der Waals surface area contributed by atoms with Crippen LogP contribution >= 0.6 is 0 Å². The summed E-state index contributed by atoms with van der Waals surface area (Å²) in [6.07, 6.45) is -0.452. The van der Waals surface area contributed by atoms with Crippen molar-refractivity contribution in [2.24, 2.45) is 0 Å². The largest absolute Gasteiger partial charge is 0.421 e. The lowest BCUT2D eigenvalue weighted by Gasteiger charge is -2.25. The topological polar surface area (TPSA) is 111 Å². The second-order valence-corrected chi connectivity index (χ2v) is 6.25. The first-order valence-electron chi connectivity index (χ1n) is 8.67. The number of nitrogens with zero attached hydrogens (tertiary/aromatic N) is 4. The van der Waals surface area contributed by atoms with Gasteiger partial charge in [0.05, 0.1) is 17.6 Å². The molecule has 11 heteroatoms. The predicted molar refractivity (Wildman–Crippen MR) is 98.3 cm³/mol. The minimum Gasteiger partial charge on any atom is -0.379 e. The van der Waals surface area contributed by atoms with Crippen molar-refractivity contribution in [2.75, 3.05) is 36.1 Å². The van der Waals surface area contributed by atoms with Gasteiger partial charge in [0, 0.05) is 25.8 Å². The average molecular weight is 392 g/mol. The van der Waals surface area contributed by atoms with Crippen LogP contribution in [-0.4, -0.2) is 41.1 Å². The van der Waals surface area contributed by atoms with Gasteiger partial charge in [0.25, 0.3) is 0 Å². The molecule has 28 heavy (non-hydrogen) atoms. The molecule has 1 aliphatic rings. The summed E-state index contributed by atoms with van der Waals surface area (Å²) in [7, 11) is 1.35. The standard InChI is InChI=1S/C17H19F3N8/c1-22-15-12(17(18,19)20)9-25-16(28-15)27-11-5-13(14(6-21)24-8-11)26-10-3-2-4-23-7-10/h5,8-10,23,26H,2-4,7H2,1H3,(H2,22,25,27,28)/t10-/m1/s1. The Morgan fingerprint density at radius 1 is 1.29 bits per heavy atom. The molecular formula is C17H19F3N8. The van der Waals surface area contributed by atoms with Crippen LogP contribution in [0.1, 0.15) is 24.1 Å². The van der Waals surface area contributed by atoms with Crippen molar-refractivity contribution in [1.82, 2.24) is 20.3 Å². The van der Waals surface area contributed by atoms with Crippen LogP contribution in [-0.2, 0) is 6.18 Å². The predicted octanol–water partition coefficient (Wildman–Crippen LogP) is 2.71. The second kappa shape index (κ2) is 8.26. The molecule has 0 aliphatic carbocycles. The van der Waals surface area contributed by atoms with Gasteiger partial charge in [0.15, 0.2) is 5.69 Å². The summed E-state index contributed by atoms with van der Waals surface area (Å²) in [5, 5.41) is 21.1. The number of nitriles is 1. The van der Waals surface area contributed by atoms with Gasteiger partial charge in [-0.05, 0) is 25.5 Å². The van der Waals surface area contributed by atoms with Crippen molar-refractivity contribution in [1.29, 1.82) is 5.26 Å². The summed E-state index contributed by atoms with van der Waals surface area (Å²) in [6, 6.07) is 3.86. The Morgan fingerprint density at radius 3 is 2.75 bits per heavy atom. The molecule has 1 fully saturated rings. The Morgan fingerprint density at radius 2 is 2.11 bits per heavy atom. The van der Waals surface area contributed by atoms with Gasteiger partial charge in [-0.25, -0.2) is 9.97 Å². The van der Waals surface area contributed by atoms with Crippen LogP contribution < -0.4 is 21.3 Å². The summed E-state index contributed by atoms with van der Waals surface area (Å²) in [4.78, 5) is 11.7. The third-order valence-corrected chi connectivity index (χ3v) is 4.24. The van der Waals surface area contributed by atoms with Crippen LogP contribution in [0.3, 0.4) is 0 Å². The van der Waals surface area contributed by atoms with Crippen LogP contribution in [0.4, 0.5) is 36.3 Å². The fourth-order valence-corrected chi connectivity index (χ4v) is 2.90. The second-order valence-electron chi connectivity index (χ2n) is 6.25. The quantitative estimate of drug-likeness (QED) is 0.615. The molecule has 2 aromatic rings. The van der Waals surface area contributed by atoms with E-state index in [1.54, 1.807) is 6.07 Å². The summed E-state index contributed by atoms with van der Waals surface area (Å²) in [6.45, 7) is 1.73. The molecule has 0 spiro atoms.